The molecule has 0 atom stereocenters. The zero-order valence-corrected chi connectivity index (χ0v) is 12.5. The lowest BCUT2D eigenvalue weighted by molar-refractivity contribution is 0.101. The number of phenolic OH excluding ortho intramolecular Hbond substituents is 1. The van der Waals surface area contributed by atoms with Gasteiger partial charge < -0.3 is 15.0 Å². The van der Waals surface area contributed by atoms with Gasteiger partial charge in [-0.1, -0.05) is 23.2 Å². The normalized spacial score (nSPS) is 10.8. The summed E-state index contributed by atoms with van der Waals surface area (Å²) in [5.41, 5.74) is 0.885. The van der Waals surface area contributed by atoms with Crippen LogP contribution in [0.4, 0.5) is 5.69 Å². The first kappa shape index (κ1) is 14.8. The predicted octanol–water partition coefficient (Wildman–Crippen LogP) is 4.33. The summed E-state index contributed by atoms with van der Waals surface area (Å²) in [6.45, 7) is 3.92. The number of carbonyl (C=O) groups excluding carboxylic acids is 1. The van der Waals surface area contributed by atoms with Crippen LogP contribution < -0.4 is 5.32 Å². The first-order chi connectivity index (χ1) is 9.38. The Balaban J connectivity index is 2.28. The van der Waals surface area contributed by atoms with Crippen molar-refractivity contribution in [2.45, 2.75) is 19.9 Å². The van der Waals surface area contributed by atoms with Crippen LogP contribution in [0.25, 0.3) is 0 Å². The summed E-state index contributed by atoms with van der Waals surface area (Å²) in [4.78, 5) is 12.3. The molecule has 0 spiro atoms. The Kier molecular flexibility index (Phi) is 4.26. The standard InChI is InChI=1S/C14H14Cl2N2O2/c1-8(2)18-7-9(15)5-13(18)14(20)17-12-4-3-10(19)6-11(12)16/h3-8,19H,1-2H3,(H,17,20). The fraction of sp³-hybridized carbons (Fsp3) is 0.214. The molecule has 0 saturated heterocycles. The minimum atomic E-state index is -0.307. The minimum Gasteiger partial charge on any atom is -0.508 e. The molecular formula is C14H14Cl2N2O2. The third-order valence-electron chi connectivity index (χ3n) is 2.81. The van der Waals surface area contributed by atoms with Gasteiger partial charge >= 0.3 is 0 Å². The van der Waals surface area contributed by atoms with E-state index in [-0.39, 0.29) is 22.7 Å². The molecule has 2 rings (SSSR count). The molecule has 20 heavy (non-hydrogen) atoms. The number of halogens is 2. The highest BCUT2D eigenvalue weighted by Crippen LogP contribution is 2.27. The molecule has 0 bridgehead atoms. The number of hydrogen-bond donors (Lipinski definition) is 2. The van der Waals surface area contributed by atoms with Crippen LogP contribution in [0.2, 0.25) is 10.0 Å². The van der Waals surface area contributed by atoms with Crippen molar-refractivity contribution in [3.63, 3.8) is 0 Å². The number of benzene rings is 1. The van der Waals surface area contributed by atoms with Crippen molar-refractivity contribution in [2.75, 3.05) is 5.32 Å². The summed E-state index contributed by atoms with van der Waals surface area (Å²) < 4.78 is 1.78. The van der Waals surface area contributed by atoms with Crippen molar-refractivity contribution in [1.29, 1.82) is 0 Å². The number of nitrogens with one attached hydrogen (secondary N) is 1. The second-order valence-electron chi connectivity index (χ2n) is 4.66. The highest BCUT2D eigenvalue weighted by Gasteiger charge is 2.16. The number of aromatic nitrogens is 1. The number of nitrogens with zero attached hydrogens (tertiary/aromatic N) is 1. The lowest BCUT2D eigenvalue weighted by Crippen LogP contribution is -2.17. The molecule has 1 aromatic carbocycles. The lowest BCUT2D eigenvalue weighted by atomic mass is 10.2. The van der Waals surface area contributed by atoms with E-state index in [0.717, 1.165) is 0 Å². The van der Waals surface area contributed by atoms with Gasteiger partial charge in [0.2, 0.25) is 0 Å². The first-order valence-corrected chi connectivity index (χ1v) is 6.81. The average molecular weight is 313 g/mol. The van der Waals surface area contributed by atoms with E-state index < -0.39 is 0 Å². The molecule has 0 radical (unpaired) electrons. The third kappa shape index (κ3) is 3.08. The van der Waals surface area contributed by atoms with E-state index in [0.29, 0.717) is 16.4 Å². The number of anilines is 1. The molecule has 2 aromatic rings. The molecule has 4 nitrogen and oxygen atoms in total. The molecule has 0 unspecified atom stereocenters. The van der Waals surface area contributed by atoms with Crippen molar-refractivity contribution in [3.8, 4) is 5.75 Å². The molecule has 6 heteroatoms. The summed E-state index contributed by atoms with van der Waals surface area (Å²) in [5, 5.41) is 12.8. The summed E-state index contributed by atoms with van der Waals surface area (Å²) in [5.74, 6) is -0.264. The van der Waals surface area contributed by atoms with Crippen molar-refractivity contribution < 1.29 is 9.90 Å². The Labute approximate surface area is 126 Å². The molecule has 1 aromatic heterocycles. The SMILES string of the molecule is CC(C)n1cc(Cl)cc1C(=O)Nc1ccc(O)cc1Cl. The van der Waals surface area contributed by atoms with Crippen LogP contribution in [0.1, 0.15) is 30.4 Å². The van der Waals surface area contributed by atoms with Crippen LogP contribution in [0.5, 0.6) is 5.75 Å². The largest absolute Gasteiger partial charge is 0.508 e. The zero-order valence-electron chi connectivity index (χ0n) is 11.0. The maximum absolute atomic E-state index is 12.3. The third-order valence-corrected chi connectivity index (χ3v) is 3.32. The van der Waals surface area contributed by atoms with Gasteiger partial charge in [0.05, 0.1) is 15.7 Å². The van der Waals surface area contributed by atoms with Crippen molar-refractivity contribution >= 4 is 34.8 Å². The van der Waals surface area contributed by atoms with E-state index in [2.05, 4.69) is 5.32 Å². The Morgan fingerprint density at radius 1 is 1.30 bits per heavy atom. The van der Waals surface area contributed by atoms with Crippen LogP contribution in [0.3, 0.4) is 0 Å². The van der Waals surface area contributed by atoms with E-state index in [9.17, 15) is 9.90 Å². The molecule has 106 valence electrons. The van der Waals surface area contributed by atoms with Gasteiger partial charge in [-0.15, -0.1) is 0 Å². The molecule has 0 aliphatic rings. The second-order valence-corrected chi connectivity index (χ2v) is 5.51. The van der Waals surface area contributed by atoms with Crippen molar-refractivity contribution in [3.05, 3.63) is 46.2 Å². The molecule has 0 saturated carbocycles. The number of rotatable bonds is 3. The smallest absolute Gasteiger partial charge is 0.272 e. The van der Waals surface area contributed by atoms with Crippen LogP contribution in [0, 0.1) is 0 Å². The van der Waals surface area contributed by atoms with Gasteiger partial charge in [-0.25, -0.2) is 0 Å². The molecule has 1 heterocycles. The van der Waals surface area contributed by atoms with E-state index >= 15 is 0 Å². The zero-order chi connectivity index (χ0) is 14.9. The van der Waals surface area contributed by atoms with E-state index in [4.69, 9.17) is 23.2 Å². The number of hydrogen-bond acceptors (Lipinski definition) is 2. The first-order valence-electron chi connectivity index (χ1n) is 6.05. The molecule has 2 N–H and O–H groups in total. The average Bonchev–Trinajstić information content (AvgIpc) is 2.75. The monoisotopic (exact) mass is 312 g/mol. The molecular weight excluding hydrogens is 299 g/mol. The van der Waals surface area contributed by atoms with Crippen molar-refractivity contribution in [2.24, 2.45) is 0 Å². The van der Waals surface area contributed by atoms with Gasteiger partial charge in [0, 0.05) is 18.3 Å². The number of amides is 1. The fourth-order valence-corrected chi connectivity index (χ4v) is 2.28. The van der Waals surface area contributed by atoms with Gasteiger partial charge in [0.15, 0.2) is 0 Å². The second kappa shape index (κ2) is 5.77. The number of carbonyl (C=O) groups is 1. The number of phenols is 1. The highest BCUT2D eigenvalue weighted by atomic mass is 35.5. The van der Waals surface area contributed by atoms with Gasteiger partial charge in [0.25, 0.3) is 5.91 Å². The topological polar surface area (TPSA) is 54.3 Å². The van der Waals surface area contributed by atoms with Gasteiger partial charge in [-0.3, -0.25) is 4.79 Å². The van der Waals surface area contributed by atoms with E-state index in [1.807, 2.05) is 13.8 Å². The van der Waals surface area contributed by atoms with E-state index in [1.54, 1.807) is 22.9 Å². The molecule has 0 aliphatic carbocycles. The van der Waals surface area contributed by atoms with Crippen LogP contribution in [-0.4, -0.2) is 15.6 Å². The summed E-state index contributed by atoms with van der Waals surface area (Å²) in [7, 11) is 0. The predicted molar refractivity (Wildman–Crippen MR) is 80.9 cm³/mol. The lowest BCUT2D eigenvalue weighted by Gasteiger charge is -2.13. The molecule has 0 aliphatic heterocycles. The Hall–Kier alpha value is -1.65. The van der Waals surface area contributed by atoms with Crippen molar-refractivity contribution in [1.82, 2.24) is 4.57 Å². The quantitative estimate of drug-likeness (QED) is 0.829. The molecule has 0 fully saturated rings. The molecule has 1 amide bonds. The summed E-state index contributed by atoms with van der Waals surface area (Å²) >= 11 is 11.9. The van der Waals surface area contributed by atoms with E-state index in [1.165, 1.54) is 12.1 Å². The Bertz CT molecular complexity index is 651. The van der Waals surface area contributed by atoms with Gasteiger partial charge in [0.1, 0.15) is 11.4 Å². The highest BCUT2D eigenvalue weighted by molar-refractivity contribution is 6.34. The number of aromatic hydroxyl groups is 1. The Morgan fingerprint density at radius 2 is 2.00 bits per heavy atom. The van der Waals surface area contributed by atoms with Gasteiger partial charge in [-0.2, -0.15) is 0 Å². The fourth-order valence-electron chi connectivity index (χ4n) is 1.85. The summed E-state index contributed by atoms with van der Waals surface area (Å²) in [6.07, 6.45) is 1.71. The van der Waals surface area contributed by atoms with Crippen LogP contribution in [0.15, 0.2) is 30.5 Å². The van der Waals surface area contributed by atoms with Crippen LogP contribution >= 0.6 is 23.2 Å². The minimum absolute atomic E-state index is 0.0431. The Morgan fingerprint density at radius 3 is 2.60 bits per heavy atom. The van der Waals surface area contributed by atoms with Gasteiger partial charge in [-0.05, 0) is 32.0 Å². The maximum Gasteiger partial charge on any atom is 0.272 e. The summed E-state index contributed by atoms with van der Waals surface area (Å²) in [6, 6.07) is 6.07. The maximum atomic E-state index is 12.3. The van der Waals surface area contributed by atoms with Crippen LogP contribution in [-0.2, 0) is 0 Å².